The normalized spacial score (nSPS) is 12.2. The van der Waals surface area contributed by atoms with E-state index in [2.05, 4.69) is 10.3 Å². The second-order valence-electron chi connectivity index (χ2n) is 3.64. The van der Waals surface area contributed by atoms with Crippen LogP contribution in [0.4, 0.5) is 15.2 Å². The third-order valence-electron chi connectivity index (χ3n) is 2.28. The monoisotopic (exact) mass is 301 g/mol. The number of thiazole rings is 1. The lowest BCUT2D eigenvalue weighted by atomic mass is 10.2. The molecule has 8 heteroatoms. The van der Waals surface area contributed by atoms with Gasteiger partial charge < -0.3 is 16.2 Å². The van der Waals surface area contributed by atoms with E-state index < -0.39 is 17.8 Å². The number of aliphatic carboxylic acids is 1. The van der Waals surface area contributed by atoms with Crippen molar-refractivity contribution in [3.63, 3.8) is 0 Å². The zero-order valence-corrected chi connectivity index (χ0v) is 11.0. The van der Waals surface area contributed by atoms with E-state index in [0.29, 0.717) is 10.8 Å². The molecule has 1 atom stereocenters. The van der Waals surface area contributed by atoms with Crippen LogP contribution in [0.5, 0.6) is 0 Å². The summed E-state index contributed by atoms with van der Waals surface area (Å²) in [4.78, 5) is 14.8. The van der Waals surface area contributed by atoms with Crippen LogP contribution in [0.2, 0.25) is 5.02 Å². The van der Waals surface area contributed by atoms with Crippen LogP contribution >= 0.6 is 22.9 Å². The molecule has 0 aliphatic carbocycles. The predicted octanol–water partition coefficient (Wildman–Crippen LogP) is 2.76. The van der Waals surface area contributed by atoms with E-state index in [-0.39, 0.29) is 10.7 Å². The number of nitrogens with zero attached hydrogens (tertiary/aromatic N) is 1. The molecule has 4 N–H and O–H groups in total. The fraction of sp³-hybridized carbons (Fsp3) is 0.0909. The van der Waals surface area contributed by atoms with Crippen molar-refractivity contribution < 1.29 is 14.3 Å². The number of aromatic nitrogens is 1. The van der Waals surface area contributed by atoms with Gasteiger partial charge in [-0.2, -0.15) is 0 Å². The zero-order valence-electron chi connectivity index (χ0n) is 9.43. The average Bonchev–Trinajstić information content (AvgIpc) is 2.80. The van der Waals surface area contributed by atoms with Crippen molar-refractivity contribution in [2.24, 2.45) is 5.73 Å². The Balaban J connectivity index is 2.18. The van der Waals surface area contributed by atoms with Crippen molar-refractivity contribution in [3.8, 4) is 0 Å². The number of hydrogen-bond donors (Lipinski definition) is 3. The maximum absolute atomic E-state index is 12.9. The van der Waals surface area contributed by atoms with E-state index in [1.54, 1.807) is 5.38 Å². The molecule has 0 radical (unpaired) electrons. The molecule has 0 fully saturated rings. The van der Waals surface area contributed by atoms with Crippen molar-refractivity contribution in [1.29, 1.82) is 0 Å². The molecule has 0 bridgehead atoms. The zero-order chi connectivity index (χ0) is 14.0. The second kappa shape index (κ2) is 5.52. The quantitative estimate of drug-likeness (QED) is 0.808. The SMILES string of the molecule is NC(C(=O)O)c1csc(Nc2ccc(F)cc2Cl)n1. The minimum atomic E-state index is -1.17. The van der Waals surface area contributed by atoms with E-state index in [0.717, 1.165) is 0 Å². The lowest BCUT2D eigenvalue weighted by Gasteiger charge is -2.05. The van der Waals surface area contributed by atoms with Crippen LogP contribution in [0.1, 0.15) is 11.7 Å². The highest BCUT2D eigenvalue weighted by Crippen LogP contribution is 2.28. The number of nitrogens with two attached hydrogens (primary N) is 1. The fourth-order valence-electron chi connectivity index (χ4n) is 1.32. The molecular formula is C11H9ClFN3O2S. The molecule has 0 aliphatic heterocycles. The summed E-state index contributed by atoms with van der Waals surface area (Å²) in [7, 11) is 0. The summed E-state index contributed by atoms with van der Waals surface area (Å²) >= 11 is 7.04. The number of nitrogens with one attached hydrogen (secondary N) is 1. The highest BCUT2D eigenvalue weighted by Gasteiger charge is 2.17. The van der Waals surface area contributed by atoms with Gasteiger partial charge in [0.1, 0.15) is 11.9 Å². The third-order valence-corrected chi connectivity index (χ3v) is 3.37. The number of benzene rings is 1. The van der Waals surface area contributed by atoms with Gasteiger partial charge in [-0.05, 0) is 18.2 Å². The third kappa shape index (κ3) is 3.19. The fourth-order valence-corrected chi connectivity index (χ4v) is 2.29. The number of carboxylic acid groups (broad SMARTS) is 1. The maximum atomic E-state index is 12.9. The van der Waals surface area contributed by atoms with Crippen molar-refractivity contribution in [3.05, 3.63) is 40.1 Å². The van der Waals surface area contributed by atoms with Crippen molar-refractivity contribution in [2.45, 2.75) is 6.04 Å². The predicted molar refractivity (Wildman–Crippen MR) is 71.4 cm³/mol. The Bertz CT molecular complexity index is 620. The van der Waals surface area contributed by atoms with Gasteiger partial charge in [0.2, 0.25) is 0 Å². The molecule has 1 aromatic carbocycles. The number of hydrogen-bond acceptors (Lipinski definition) is 5. The Morgan fingerprint density at radius 2 is 2.32 bits per heavy atom. The molecule has 2 aromatic rings. The Kier molecular flexibility index (Phi) is 3.98. The van der Waals surface area contributed by atoms with Gasteiger partial charge in [-0.3, -0.25) is 4.79 Å². The van der Waals surface area contributed by atoms with Crippen LogP contribution in [-0.4, -0.2) is 16.1 Å². The molecule has 0 saturated carbocycles. The van der Waals surface area contributed by atoms with E-state index in [9.17, 15) is 9.18 Å². The molecule has 19 heavy (non-hydrogen) atoms. The first-order chi connectivity index (χ1) is 8.97. The summed E-state index contributed by atoms with van der Waals surface area (Å²) in [6, 6.07) is 2.72. The van der Waals surface area contributed by atoms with Crippen LogP contribution in [0.15, 0.2) is 23.6 Å². The lowest BCUT2D eigenvalue weighted by Crippen LogP contribution is -2.20. The van der Waals surface area contributed by atoms with Crippen LogP contribution in [0.3, 0.4) is 0 Å². The van der Waals surface area contributed by atoms with Gasteiger partial charge in [-0.25, -0.2) is 9.37 Å². The summed E-state index contributed by atoms with van der Waals surface area (Å²) in [6.07, 6.45) is 0. The Morgan fingerprint density at radius 1 is 1.58 bits per heavy atom. The number of anilines is 2. The molecule has 1 unspecified atom stereocenters. The Labute approximate surface area is 116 Å². The van der Waals surface area contributed by atoms with E-state index in [1.165, 1.54) is 29.5 Å². The first-order valence-electron chi connectivity index (χ1n) is 5.13. The maximum Gasteiger partial charge on any atom is 0.326 e. The Hall–Kier alpha value is -1.70. The van der Waals surface area contributed by atoms with Crippen LogP contribution in [0, 0.1) is 5.82 Å². The summed E-state index contributed by atoms with van der Waals surface area (Å²) < 4.78 is 12.9. The highest BCUT2D eigenvalue weighted by atomic mass is 35.5. The largest absolute Gasteiger partial charge is 0.480 e. The number of carboxylic acids is 1. The highest BCUT2D eigenvalue weighted by molar-refractivity contribution is 7.13. The number of rotatable bonds is 4. The molecule has 0 spiro atoms. The summed E-state index contributed by atoms with van der Waals surface area (Å²) in [5.41, 5.74) is 6.16. The van der Waals surface area contributed by atoms with Gasteiger partial charge in [0, 0.05) is 5.38 Å². The topological polar surface area (TPSA) is 88.2 Å². The van der Waals surface area contributed by atoms with Gasteiger partial charge in [-0.1, -0.05) is 11.6 Å². The van der Waals surface area contributed by atoms with Crippen molar-refractivity contribution >= 4 is 39.7 Å². The molecule has 0 amide bonds. The molecule has 0 saturated heterocycles. The average molecular weight is 302 g/mol. The lowest BCUT2D eigenvalue weighted by molar-refractivity contribution is -0.138. The van der Waals surface area contributed by atoms with Crippen molar-refractivity contribution in [2.75, 3.05) is 5.32 Å². The van der Waals surface area contributed by atoms with Gasteiger partial charge in [0.25, 0.3) is 0 Å². The smallest absolute Gasteiger partial charge is 0.326 e. The van der Waals surface area contributed by atoms with Crippen LogP contribution < -0.4 is 11.1 Å². The van der Waals surface area contributed by atoms with Crippen LogP contribution in [0.25, 0.3) is 0 Å². The molecule has 1 aromatic heterocycles. The van der Waals surface area contributed by atoms with Gasteiger partial charge >= 0.3 is 5.97 Å². The van der Waals surface area contributed by atoms with Gasteiger partial charge in [0.15, 0.2) is 5.13 Å². The molecule has 5 nitrogen and oxygen atoms in total. The Morgan fingerprint density at radius 3 is 2.95 bits per heavy atom. The molecule has 100 valence electrons. The minimum Gasteiger partial charge on any atom is -0.480 e. The summed E-state index contributed by atoms with van der Waals surface area (Å²) in [5, 5.41) is 13.8. The summed E-state index contributed by atoms with van der Waals surface area (Å²) in [6.45, 7) is 0. The van der Waals surface area contributed by atoms with E-state index >= 15 is 0 Å². The number of carbonyl (C=O) groups is 1. The molecule has 1 heterocycles. The first kappa shape index (κ1) is 13.7. The second-order valence-corrected chi connectivity index (χ2v) is 4.91. The first-order valence-corrected chi connectivity index (χ1v) is 6.39. The van der Waals surface area contributed by atoms with Gasteiger partial charge in [0.05, 0.1) is 16.4 Å². The van der Waals surface area contributed by atoms with Crippen molar-refractivity contribution in [1.82, 2.24) is 4.98 Å². The molecule has 0 aliphatic rings. The molecular weight excluding hydrogens is 293 g/mol. The summed E-state index contributed by atoms with van der Waals surface area (Å²) in [5.74, 6) is -1.60. The van der Waals surface area contributed by atoms with E-state index in [4.69, 9.17) is 22.4 Å². The minimum absolute atomic E-state index is 0.208. The van der Waals surface area contributed by atoms with Gasteiger partial charge in [-0.15, -0.1) is 11.3 Å². The standard InChI is InChI=1S/C11H9ClFN3O2S/c12-6-3-5(13)1-2-7(6)15-11-16-8(4-19-11)9(14)10(17)18/h1-4,9H,14H2,(H,15,16)(H,17,18). The number of halogens is 2. The van der Waals surface area contributed by atoms with Crippen LogP contribution in [-0.2, 0) is 4.79 Å². The van der Waals surface area contributed by atoms with E-state index in [1.807, 2.05) is 0 Å². The molecule has 2 rings (SSSR count).